The molecule has 0 N–H and O–H groups in total. The van der Waals surface area contributed by atoms with Crippen LogP contribution in [0.25, 0.3) is 0 Å². The highest BCUT2D eigenvalue weighted by molar-refractivity contribution is 6.41. The molecular formula is C14H14Cl2N2O3. The third kappa shape index (κ3) is 3.14. The summed E-state index contributed by atoms with van der Waals surface area (Å²) in [7, 11) is 3.13. The SMILES string of the molecule is COc1cc(C)c(Cn2ncc(Cl)c(Cl)c2=O)cc1OC. The number of hydrogen-bond donors (Lipinski definition) is 0. The summed E-state index contributed by atoms with van der Waals surface area (Å²) >= 11 is 11.6. The van der Waals surface area contributed by atoms with E-state index >= 15 is 0 Å². The summed E-state index contributed by atoms with van der Waals surface area (Å²) in [5.74, 6) is 1.22. The van der Waals surface area contributed by atoms with Crippen LogP contribution in [0.5, 0.6) is 11.5 Å². The molecular weight excluding hydrogens is 315 g/mol. The fraction of sp³-hybridized carbons (Fsp3) is 0.286. The number of halogens is 2. The van der Waals surface area contributed by atoms with Gasteiger partial charge in [-0.2, -0.15) is 5.10 Å². The average molecular weight is 329 g/mol. The number of aryl methyl sites for hydroxylation is 1. The van der Waals surface area contributed by atoms with Gasteiger partial charge in [0.15, 0.2) is 11.5 Å². The molecule has 0 saturated carbocycles. The van der Waals surface area contributed by atoms with E-state index in [0.29, 0.717) is 11.5 Å². The maximum absolute atomic E-state index is 12.0. The lowest BCUT2D eigenvalue weighted by Gasteiger charge is -2.13. The van der Waals surface area contributed by atoms with Gasteiger partial charge in [-0.3, -0.25) is 4.79 Å². The molecule has 112 valence electrons. The van der Waals surface area contributed by atoms with Crippen molar-refractivity contribution in [1.82, 2.24) is 9.78 Å². The number of benzene rings is 1. The van der Waals surface area contributed by atoms with Gasteiger partial charge in [-0.25, -0.2) is 4.68 Å². The van der Waals surface area contributed by atoms with Crippen LogP contribution in [0.4, 0.5) is 0 Å². The van der Waals surface area contributed by atoms with E-state index in [1.165, 1.54) is 10.9 Å². The Bertz CT molecular complexity index is 729. The summed E-state index contributed by atoms with van der Waals surface area (Å²) in [4.78, 5) is 12.0. The van der Waals surface area contributed by atoms with Gasteiger partial charge >= 0.3 is 0 Å². The van der Waals surface area contributed by atoms with Crippen LogP contribution in [0.15, 0.2) is 23.1 Å². The first-order valence-electron chi connectivity index (χ1n) is 6.10. The first-order chi connectivity index (χ1) is 9.97. The number of rotatable bonds is 4. The minimum atomic E-state index is -0.432. The van der Waals surface area contributed by atoms with Crippen molar-refractivity contribution in [3.8, 4) is 11.5 Å². The normalized spacial score (nSPS) is 10.5. The molecule has 0 atom stereocenters. The standard InChI is InChI=1S/C14H14Cl2N2O3/c1-8-4-11(20-2)12(21-3)5-9(8)7-18-14(19)13(16)10(15)6-17-18/h4-6H,7H2,1-3H3. The molecule has 7 heteroatoms. The molecule has 21 heavy (non-hydrogen) atoms. The molecule has 0 fully saturated rings. The Morgan fingerprint density at radius 2 is 1.81 bits per heavy atom. The summed E-state index contributed by atoms with van der Waals surface area (Å²) in [6.45, 7) is 2.18. The second kappa shape index (κ2) is 6.37. The van der Waals surface area contributed by atoms with Crippen molar-refractivity contribution in [2.24, 2.45) is 0 Å². The molecule has 2 rings (SSSR count). The van der Waals surface area contributed by atoms with Gasteiger partial charge in [0.05, 0.1) is 32.0 Å². The van der Waals surface area contributed by atoms with Crippen LogP contribution < -0.4 is 15.0 Å². The number of nitrogens with zero attached hydrogens (tertiary/aromatic N) is 2. The van der Waals surface area contributed by atoms with Gasteiger partial charge in [-0.15, -0.1) is 0 Å². The summed E-state index contributed by atoms with van der Waals surface area (Å²) in [6.07, 6.45) is 1.35. The molecule has 1 aromatic heterocycles. The van der Waals surface area contributed by atoms with E-state index in [2.05, 4.69) is 5.10 Å². The molecule has 0 amide bonds. The van der Waals surface area contributed by atoms with E-state index in [-0.39, 0.29) is 16.6 Å². The summed E-state index contributed by atoms with van der Waals surface area (Å²) in [6, 6.07) is 3.65. The lowest BCUT2D eigenvalue weighted by Crippen LogP contribution is -2.24. The van der Waals surface area contributed by atoms with Gasteiger partial charge in [-0.05, 0) is 30.2 Å². The van der Waals surface area contributed by atoms with Gasteiger partial charge < -0.3 is 9.47 Å². The van der Waals surface area contributed by atoms with E-state index in [1.807, 2.05) is 19.1 Å². The highest BCUT2D eigenvalue weighted by Crippen LogP contribution is 2.30. The molecule has 0 aliphatic rings. The Hall–Kier alpha value is -1.72. The molecule has 2 aromatic rings. The zero-order chi connectivity index (χ0) is 15.6. The van der Waals surface area contributed by atoms with E-state index in [1.54, 1.807) is 14.2 Å². The van der Waals surface area contributed by atoms with Crippen molar-refractivity contribution in [3.05, 3.63) is 49.9 Å². The monoisotopic (exact) mass is 328 g/mol. The Balaban J connectivity index is 2.45. The second-order valence-electron chi connectivity index (χ2n) is 4.40. The topological polar surface area (TPSA) is 53.4 Å². The predicted molar refractivity (Wildman–Crippen MR) is 81.9 cm³/mol. The van der Waals surface area contributed by atoms with Crippen LogP contribution in [0.1, 0.15) is 11.1 Å². The quantitative estimate of drug-likeness (QED) is 0.865. The predicted octanol–water partition coefficient (Wildman–Crippen LogP) is 2.92. The van der Waals surface area contributed by atoms with E-state index in [9.17, 15) is 4.79 Å². The summed E-state index contributed by atoms with van der Waals surface area (Å²) in [5.41, 5.74) is 1.39. The first kappa shape index (κ1) is 15.7. The number of methoxy groups -OCH3 is 2. The van der Waals surface area contributed by atoms with E-state index in [0.717, 1.165) is 11.1 Å². The lowest BCUT2D eigenvalue weighted by atomic mass is 10.1. The third-order valence-corrected chi connectivity index (χ3v) is 3.85. The fourth-order valence-corrected chi connectivity index (χ4v) is 2.18. The zero-order valence-electron chi connectivity index (χ0n) is 11.8. The Morgan fingerprint density at radius 3 is 2.43 bits per heavy atom. The largest absolute Gasteiger partial charge is 0.493 e. The van der Waals surface area contributed by atoms with Gasteiger partial charge in [0.25, 0.3) is 5.56 Å². The molecule has 0 bridgehead atoms. The van der Waals surface area contributed by atoms with Crippen molar-refractivity contribution in [3.63, 3.8) is 0 Å². The van der Waals surface area contributed by atoms with Crippen LogP contribution in [-0.4, -0.2) is 24.0 Å². The van der Waals surface area contributed by atoms with Crippen LogP contribution in [0, 0.1) is 6.92 Å². The van der Waals surface area contributed by atoms with E-state index < -0.39 is 5.56 Å². The Morgan fingerprint density at radius 1 is 1.19 bits per heavy atom. The molecule has 1 heterocycles. The summed E-state index contributed by atoms with van der Waals surface area (Å²) in [5, 5.41) is 4.09. The molecule has 5 nitrogen and oxygen atoms in total. The molecule has 0 spiro atoms. The van der Waals surface area contributed by atoms with Crippen molar-refractivity contribution in [1.29, 1.82) is 0 Å². The van der Waals surface area contributed by atoms with Crippen molar-refractivity contribution in [2.75, 3.05) is 14.2 Å². The highest BCUT2D eigenvalue weighted by Gasteiger charge is 2.12. The lowest BCUT2D eigenvalue weighted by molar-refractivity contribution is 0.354. The smallest absolute Gasteiger partial charge is 0.287 e. The minimum Gasteiger partial charge on any atom is -0.493 e. The average Bonchev–Trinajstić information content (AvgIpc) is 2.49. The van der Waals surface area contributed by atoms with Crippen LogP contribution in [0.3, 0.4) is 0 Å². The van der Waals surface area contributed by atoms with Gasteiger partial charge in [0.1, 0.15) is 5.02 Å². The molecule has 0 aliphatic carbocycles. The molecule has 0 unspecified atom stereocenters. The number of ether oxygens (including phenoxy) is 2. The van der Waals surface area contributed by atoms with Crippen LogP contribution in [-0.2, 0) is 6.54 Å². The Labute approximate surface area is 132 Å². The van der Waals surface area contributed by atoms with Gasteiger partial charge in [-0.1, -0.05) is 23.2 Å². The highest BCUT2D eigenvalue weighted by atomic mass is 35.5. The maximum atomic E-state index is 12.0. The fourth-order valence-electron chi connectivity index (χ4n) is 1.91. The molecule has 1 aromatic carbocycles. The molecule has 0 aliphatic heterocycles. The van der Waals surface area contributed by atoms with Crippen LogP contribution in [0.2, 0.25) is 10.0 Å². The van der Waals surface area contributed by atoms with Crippen LogP contribution >= 0.6 is 23.2 Å². The third-order valence-electron chi connectivity index (χ3n) is 3.10. The van der Waals surface area contributed by atoms with Crippen molar-refractivity contribution >= 4 is 23.2 Å². The van der Waals surface area contributed by atoms with E-state index in [4.69, 9.17) is 32.7 Å². The summed E-state index contributed by atoms with van der Waals surface area (Å²) < 4.78 is 11.7. The van der Waals surface area contributed by atoms with Crippen molar-refractivity contribution < 1.29 is 9.47 Å². The van der Waals surface area contributed by atoms with Crippen molar-refractivity contribution in [2.45, 2.75) is 13.5 Å². The maximum Gasteiger partial charge on any atom is 0.287 e. The van der Waals surface area contributed by atoms with Gasteiger partial charge in [0, 0.05) is 0 Å². The first-order valence-corrected chi connectivity index (χ1v) is 6.86. The zero-order valence-corrected chi connectivity index (χ0v) is 13.3. The van der Waals surface area contributed by atoms with Gasteiger partial charge in [0.2, 0.25) is 0 Å². The minimum absolute atomic E-state index is 0.0372. The second-order valence-corrected chi connectivity index (χ2v) is 5.19. The number of hydrogen-bond acceptors (Lipinski definition) is 4. The molecule has 0 radical (unpaired) electrons. The molecule has 0 saturated heterocycles. The Kier molecular flexibility index (Phi) is 4.75. The number of aromatic nitrogens is 2.